The van der Waals surface area contributed by atoms with Crippen molar-refractivity contribution in [1.29, 1.82) is 5.26 Å². The second-order valence-corrected chi connectivity index (χ2v) is 3.46. The zero-order chi connectivity index (χ0) is 10.7. The zero-order valence-electron chi connectivity index (χ0n) is 7.27. The van der Waals surface area contributed by atoms with Crippen LogP contribution in [0.25, 0.3) is 0 Å². The summed E-state index contributed by atoms with van der Waals surface area (Å²) >= 11 is 3.18. The normalized spacial score (nSPS) is 9.21. The average Bonchev–Trinajstić information content (AvgIpc) is 2.16. The third kappa shape index (κ3) is 2.00. The number of benzene rings is 1. The van der Waals surface area contributed by atoms with Gasteiger partial charge in [-0.05, 0) is 12.1 Å². The Morgan fingerprint density at radius 3 is 2.79 bits per heavy atom. The first-order chi connectivity index (χ1) is 6.56. The van der Waals surface area contributed by atoms with Crippen molar-refractivity contribution in [2.75, 3.05) is 11.9 Å². The highest BCUT2D eigenvalue weighted by Gasteiger charge is 2.16. The van der Waals surface area contributed by atoms with Gasteiger partial charge in [0.1, 0.15) is 5.69 Å². The fourth-order valence-corrected chi connectivity index (χ4v) is 1.32. The summed E-state index contributed by atoms with van der Waals surface area (Å²) in [5.74, 6) is 0. The summed E-state index contributed by atoms with van der Waals surface area (Å²) in [5, 5.41) is 19.2. The monoisotopic (exact) mass is 255 g/mol. The Labute approximate surface area is 88.8 Å². The van der Waals surface area contributed by atoms with E-state index < -0.39 is 4.92 Å². The Morgan fingerprint density at radius 2 is 2.29 bits per heavy atom. The van der Waals surface area contributed by atoms with Crippen molar-refractivity contribution >= 4 is 27.3 Å². The van der Waals surface area contributed by atoms with Crippen LogP contribution in [0.15, 0.2) is 22.7 Å². The van der Waals surface area contributed by atoms with Crippen molar-refractivity contribution in [3.8, 4) is 6.19 Å². The van der Waals surface area contributed by atoms with Crippen LogP contribution >= 0.6 is 15.9 Å². The first-order valence-corrected chi connectivity index (χ1v) is 4.43. The Kier molecular flexibility index (Phi) is 3.04. The number of nitrogens with zero attached hydrogens (tertiary/aromatic N) is 3. The summed E-state index contributed by atoms with van der Waals surface area (Å²) in [7, 11) is 1.47. The SMILES string of the molecule is CN(C#N)c1cc(Br)ccc1[N+](=O)[O-]. The van der Waals surface area contributed by atoms with E-state index in [2.05, 4.69) is 15.9 Å². The van der Waals surface area contributed by atoms with Gasteiger partial charge in [0, 0.05) is 17.6 Å². The molecule has 0 aliphatic carbocycles. The number of nitro groups is 1. The number of hydrogen-bond donors (Lipinski definition) is 0. The van der Waals surface area contributed by atoms with Crippen LogP contribution in [0.4, 0.5) is 11.4 Å². The van der Waals surface area contributed by atoms with Crippen molar-refractivity contribution < 1.29 is 4.92 Å². The zero-order valence-corrected chi connectivity index (χ0v) is 8.85. The lowest BCUT2D eigenvalue weighted by molar-refractivity contribution is -0.384. The molecule has 0 aliphatic heterocycles. The largest absolute Gasteiger partial charge is 0.293 e. The molecule has 14 heavy (non-hydrogen) atoms. The third-order valence-corrected chi connectivity index (χ3v) is 2.14. The summed E-state index contributed by atoms with van der Waals surface area (Å²) in [6.45, 7) is 0. The topological polar surface area (TPSA) is 70.2 Å². The van der Waals surface area contributed by atoms with Gasteiger partial charge in [0.05, 0.1) is 4.92 Å². The summed E-state index contributed by atoms with van der Waals surface area (Å²) in [5.41, 5.74) is 0.184. The Bertz CT molecular complexity index is 414. The lowest BCUT2D eigenvalue weighted by Gasteiger charge is -2.09. The van der Waals surface area contributed by atoms with Gasteiger partial charge >= 0.3 is 0 Å². The molecule has 0 unspecified atom stereocenters. The van der Waals surface area contributed by atoms with Crippen LogP contribution in [0.5, 0.6) is 0 Å². The minimum Gasteiger partial charge on any atom is -0.276 e. The quantitative estimate of drug-likeness (QED) is 0.352. The van der Waals surface area contributed by atoms with Gasteiger partial charge in [-0.2, -0.15) is 5.26 Å². The molecule has 1 aromatic rings. The van der Waals surface area contributed by atoms with Gasteiger partial charge in [0.15, 0.2) is 6.19 Å². The molecule has 0 N–H and O–H groups in total. The van der Waals surface area contributed by atoms with Gasteiger partial charge in [0.25, 0.3) is 5.69 Å². The fraction of sp³-hybridized carbons (Fsp3) is 0.125. The van der Waals surface area contributed by atoms with E-state index in [1.165, 1.54) is 19.2 Å². The second-order valence-electron chi connectivity index (χ2n) is 2.55. The van der Waals surface area contributed by atoms with E-state index in [1.807, 2.05) is 6.19 Å². The molecule has 0 saturated carbocycles. The van der Waals surface area contributed by atoms with Crippen molar-refractivity contribution in [2.45, 2.75) is 0 Å². The smallest absolute Gasteiger partial charge is 0.276 e. The van der Waals surface area contributed by atoms with Crippen LogP contribution in [0.1, 0.15) is 0 Å². The maximum atomic E-state index is 10.6. The number of rotatable bonds is 2. The highest BCUT2D eigenvalue weighted by Crippen LogP contribution is 2.29. The number of nitro benzene ring substituents is 1. The van der Waals surface area contributed by atoms with Crippen LogP contribution in [0.3, 0.4) is 0 Å². The molecule has 0 saturated heterocycles. The fourth-order valence-electron chi connectivity index (χ4n) is 0.973. The maximum absolute atomic E-state index is 10.6. The van der Waals surface area contributed by atoms with Crippen molar-refractivity contribution in [2.24, 2.45) is 0 Å². The van der Waals surface area contributed by atoms with Crippen molar-refractivity contribution in [1.82, 2.24) is 0 Å². The minimum absolute atomic E-state index is 0.0859. The Balaban J connectivity index is 3.31. The summed E-state index contributed by atoms with van der Waals surface area (Å²) in [4.78, 5) is 11.2. The number of nitriles is 1. The molecular weight excluding hydrogens is 250 g/mol. The molecule has 0 radical (unpaired) electrons. The first-order valence-electron chi connectivity index (χ1n) is 3.63. The van der Waals surface area contributed by atoms with E-state index >= 15 is 0 Å². The van der Waals surface area contributed by atoms with E-state index in [0.717, 1.165) is 4.90 Å². The number of anilines is 1. The van der Waals surface area contributed by atoms with Crippen LogP contribution in [-0.2, 0) is 0 Å². The molecule has 0 fully saturated rings. The first kappa shape index (κ1) is 10.5. The summed E-state index contributed by atoms with van der Waals surface area (Å²) in [6.07, 6.45) is 1.81. The molecule has 0 atom stereocenters. The maximum Gasteiger partial charge on any atom is 0.293 e. The van der Waals surface area contributed by atoms with Gasteiger partial charge in [-0.15, -0.1) is 0 Å². The highest BCUT2D eigenvalue weighted by atomic mass is 79.9. The van der Waals surface area contributed by atoms with Crippen LogP contribution in [-0.4, -0.2) is 12.0 Å². The average molecular weight is 256 g/mol. The molecule has 6 heteroatoms. The van der Waals surface area contributed by atoms with E-state index in [9.17, 15) is 10.1 Å². The van der Waals surface area contributed by atoms with Crippen LogP contribution in [0, 0.1) is 21.6 Å². The molecule has 1 rings (SSSR count). The lowest BCUT2D eigenvalue weighted by Crippen LogP contribution is -2.10. The molecule has 72 valence electrons. The van der Waals surface area contributed by atoms with E-state index in [0.29, 0.717) is 4.47 Å². The van der Waals surface area contributed by atoms with Crippen LogP contribution < -0.4 is 4.90 Å². The summed E-state index contributed by atoms with van der Waals surface area (Å²) in [6, 6.07) is 4.45. The minimum atomic E-state index is -0.518. The van der Waals surface area contributed by atoms with Gasteiger partial charge in [-0.1, -0.05) is 15.9 Å². The number of hydrogen-bond acceptors (Lipinski definition) is 4. The van der Waals surface area contributed by atoms with E-state index in [1.54, 1.807) is 6.07 Å². The standard InChI is InChI=1S/C8H6BrN3O2/c1-11(5-10)8-4-6(9)2-3-7(8)12(13)14/h2-4H,1H3. The second kappa shape index (κ2) is 4.07. The van der Waals surface area contributed by atoms with Gasteiger partial charge in [-0.3, -0.25) is 15.0 Å². The molecule has 0 aliphatic rings. The Hall–Kier alpha value is -1.61. The van der Waals surface area contributed by atoms with Gasteiger partial charge in [0.2, 0.25) is 0 Å². The third-order valence-electron chi connectivity index (χ3n) is 1.65. The highest BCUT2D eigenvalue weighted by molar-refractivity contribution is 9.10. The van der Waals surface area contributed by atoms with E-state index in [4.69, 9.17) is 5.26 Å². The molecular formula is C8H6BrN3O2. The van der Waals surface area contributed by atoms with Crippen molar-refractivity contribution in [3.63, 3.8) is 0 Å². The van der Waals surface area contributed by atoms with Gasteiger partial charge < -0.3 is 0 Å². The molecule has 1 aromatic carbocycles. The van der Waals surface area contributed by atoms with Crippen LogP contribution in [0.2, 0.25) is 0 Å². The molecule has 0 amide bonds. The van der Waals surface area contributed by atoms with E-state index in [-0.39, 0.29) is 11.4 Å². The predicted molar refractivity (Wildman–Crippen MR) is 54.8 cm³/mol. The lowest BCUT2D eigenvalue weighted by atomic mass is 10.2. The predicted octanol–water partition coefficient (Wildman–Crippen LogP) is 2.27. The molecule has 0 spiro atoms. The molecule has 0 heterocycles. The molecule has 0 bridgehead atoms. The molecule has 0 aromatic heterocycles. The Morgan fingerprint density at radius 1 is 1.64 bits per heavy atom. The van der Waals surface area contributed by atoms with Crippen molar-refractivity contribution in [3.05, 3.63) is 32.8 Å². The number of halogens is 1. The summed E-state index contributed by atoms with van der Waals surface area (Å²) < 4.78 is 0.695. The van der Waals surface area contributed by atoms with Gasteiger partial charge in [-0.25, -0.2) is 0 Å². The molecule has 5 nitrogen and oxygen atoms in total.